The third kappa shape index (κ3) is 3.68. The molecule has 2 aromatic carbocycles. The van der Waals surface area contributed by atoms with Gasteiger partial charge in [0.25, 0.3) is 0 Å². The molecule has 21 heavy (non-hydrogen) atoms. The standard InChI is InChI=1S/C14H11Cl2F3N2/c15-9-5-8(6-10(16)7-9)13(21-20)11-3-1-2-4-12(11)14(17,18)19/h1-7,13,21H,20H2. The average molecular weight is 335 g/mol. The molecule has 0 spiro atoms. The lowest BCUT2D eigenvalue weighted by Gasteiger charge is -2.21. The number of hydrogen-bond acceptors (Lipinski definition) is 2. The summed E-state index contributed by atoms with van der Waals surface area (Å²) in [6.45, 7) is 0. The second-order valence-electron chi connectivity index (χ2n) is 4.39. The molecule has 0 fully saturated rings. The van der Waals surface area contributed by atoms with Crippen molar-refractivity contribution in [2.45, 2.75) is 12.2 Å². The summed E-state index contributed by atoms with van der Waals surface area (Å²) in [5, 5.41) is 0.643. The third-order valence-electron chi connectivity index (χ3n) is 2.96. The summed E-state index contributed by atoms with van der Waals surface area (Å²) in [6, 6.07) is 8.87. The van der Waals surface area contributed by atoms with Crippen molar-refractivity contribution >= 4 is 23.2 Å². The van der Waals surface area contributed by atoms with Crippen LogP contribution in [0.25, 0.3) is 0 Å². The first-order chi connectivity index (χ1) is 9.82. The Morgan fingerprint density at radius 2 is 1.57 bits per heavy atom. The molecule has 0 bridgehead atoms. The minimum atomic E-state index is -4.48. The largest absolute Gasteiger partial charge is 0.416 e. The number of halogens is 5. The normalized spacial score (nSPS) is 13.2. The van der Waals surface area contributed by atoms with Gasteiger partial charge < -0.3 is 0 Å². The van der Waals surface area contributed by atoms with E-state index < -0.39 is 17.8 Å². The Hall–Kier alpha value is -1.27. The molecule has 0 saturated carbocycles. The zero-order valence-electron chi connectivity index (χ0n) is 10.6. The first-order valence-electron chi connectivity index (χ1n) is 5.91. The Balaban J connectivity index is 2.57. The second kappa shape index (κ2) is 6.23. The lowest BCUT2D eigenvalue weighted by molar-refractivity contribution is -0.138. The summed E-state index contributed by atoms with van der Waals surface area (Å²) < 4.78 is 39.3. The molecule has 0 aliphatic rings. The fourth-order valence-corrected chi connectivity index (χ4v) is 2.66. The van der Waals surface area contributed by atoms with Gasteiger partial charge in [0.05, 0.1) is 11.6 Å². The van der Waals surface area contributed by atoms with Gasteiger partial charge in [-0.3, -0.25) is 5.84 Å². The van der Waals surface area contributed by atoms with Crippen LogP contribution in [-0.2, 0) is 6.18 Å². The van der Waals surface area contributed by atoms with Crippen molar-refractivity contribution in [2.24, 2.45) is 5.84 Å². The number of alkyl halides is 3. The minimum absolute atomic E-state index is 0.00540. The molecule has 2 rings (SSSR count). The van der Waals surface area contributed by atoms with Gasteiger partial charge >= 0.3 is 6.18 Å². The third-order valence-corrected chi connectivity index (χ3v) is 3.40. The molecule has 2 aromatic rings. The van der Waals surface area contributed by atoms with E-state index in [4.69, 9.17) is 29.0 Å². The van der Waals surface area contributed by atoms with Crippen LogP contribution < -0.4 is 11.3 Å². The predicted molar refractivity (Wildman–Crippen MR) is 77.1 cm³/mol. The van der Waals surface area contributed by atoms with E-state index in [1.807, 2.05) is 0 Å². The van der Waals surface area contributed by atoms with E-state index in [0.29, 0.717) is 15.6 Å². The van der Waals surface area contributed by atoms with Gasteiger partial charge in [0.15, 0.2) is 0 Å². The fraction of sp³-hybridized carbons (Fsp3) is 0.143. The number of benzene rings is 2. The molecule has 7 heteroatoms. The van der Waals surface area contributed by atoms with Gasteiger partial charge in [0.2, 0.25) is 0 Å². The van der Waals surface area contributed by atoms with E-state index in [2.05, 4.69) is 5.43 Å². The van der Waals surface area contributed by atoms with Crippen molar-refractivity contribution in [1.82, 2.24) is 5.43 Å². The average Bonchev–Trinajstić information content (AvgIpc) is 2.38. The number of rotatable bonds is 3. The Morgan fingerprint density at radius 1 is 1.00 bits per heavy atom. The Kier molecular flexibility index (Phi) is 4.78. The van der Waals surface area contributed by atoms with Gasteiger partial charge in [0.1, 0.15) is 0 Å². The van der Waals surface area contributed by atoms with Crippen LogP contribution >= 0.6 is 23.2 Å². The summed E-state index contributed by atoms with van der Waals surface area (Å²) in [5.41, 5.74) is 2.08. The number of nitrogens with one attached hydrogen (secondary N) is 1. The van der Waals surface area contributed by atoms with Crippen molar-refractivity contribution in [2.75, 3.05) is 0 Å². The molecule has 0 saturated heterocycles. The van der Waals surface area contributed by atoms with Crippen LogP contribution in [0.5, 0.6) is 0 Å². The Morgan fingerprint density at radius 3 is 2.10 bits per heavy atom. The van der Waals surface area contributed by atoms with E-state index in [-0.39, 0.29) is 5.56 Å². The second-order valence-corrected chi connectivity index (χ2v) is 5.26. The van der Waals surface area contributed by atoms with Crippen LogP contribution in [0.15, 0.2) is 42.5 Å². The lowest BCUT2D eigenvalue weighted by atomic mass is 9.94. The molecular formula is C14H11Cl2F3N2. The highest BCUT2D eigenvalue weighted by atomic mass is 35.5. The highest BCUT2D eigenvalue weighted by Crippen LogP contribution is 2.37. The zero-order chi connectivity index (χ0) is 15.6. The Bertz CT molecular complexity index is 624. The first kappa shape index (κ1) is 16.1. The predicted octanol–water partition coefficient (Wildman–Crippen LogP) is 4.56. The summed E-state index contributed by atoms with van der Waals surface area (Å²) in [6.07, 6.45) is -4.48. The van der Waals surface area contributed by atoms with Crippen LogP contribution in [0.3, 0.4) is 0 Å². The molecule has 1 atom stereocenters. The molecular weight excluding hydrogens is 324 g/mol. The van der Waals surface area contributed by atoms with E-state index in [1.54, 1.807) is 0 Å². The van der Waals surface area contributed by atoms with Crippen LogP contribution in [0.4, 0.5) is 13.2 Å². The van der Waals surface area contributed by atoms with Crippen LogP contribution in [-0.4, -0.2) is 0 Å². The monoisotopic (exact) mass is 334 g/mol. The van der Waals surface area contributed by atoms with E-state index in [0.717, 1.165) is 6.07 Å². The number of hydrogen-bond donors (Lipinski definition) is 2. The molecule has 3 N–H and O–H groups in total. The lowest BCUT2D eigenvalue weighted by Crippen LogP contribution is -2.30. The highest BCUT2D eigenvalue weighted by Gasteiger charge is 2.35. The fourth-order valence-electron chi connectivity index (χ4n) is 2.11. The smallest absolute Gasteiger partial charge is 0.271 e. The van der Waals surface area contributed by atoms with Crippen molar-refractivity contribution < 1.29 is 13.2 Å². The number of nitrogens with two attached hydrogens (primary N) is 1. The molecule has 2 nitrogen and oxygen atoms in total. The topological polar surface area (TPSA) is 38.0 Å². The molecule has 0 aliphatic carbocycles. The van der Waals surface area contributed by atoms with Gasteiger partial charge in [-0.15, -0.1) is 0 Å². The van der Waals surface area contributed by atoms with E-state index in [1.165, 1.54) is 36.4 Å². The summed E-state index contributed by atoms with van der Waals surface area (Å²) in [7, 11) is 0. The summed E-state index contributed by atoms with van der Waals surface area (Å²) >= 11 is 11.8. The van der Waals surface area contributed by atoms with Crippen LogP contribution in [0.1, 0.15) is 22.7 Å². The van der Waals surface area contributed by atoms with E-state index >= 15 is 0 Å². The highest BCUT2D eigenvalue weighted by molar-refractivity contribution is 6.34. The van der Waals surface area contributed by atoms with Gasteiger partial charge in [-0.2, -0.15) is 13.2 Å². The van der Waals surface area contributed by atoms with Crippen molar-refractivity contribution in [3.05, 3.63) is 69.2 Å². The molecule has 0 aliphatic heterocycles. The maximum atomic E-state index is 13.1. The molecule has 1 unspecified atom stereocenters. The molecule has 0 amide bonds. The molecule has 0 radical (unpaired) electrons. The Labute approximate surface area is 129 Å². The SMILES string of the molecule is NNC(c1cc(Cl)cc(Cl)c1)c1ccccc1C(F)(F)F. The summed E-state index contributed by atoms with van der Waals surface area (Å²) in [4.78, 5) is 0. The molecule has 0 heterocycles. The van der Waals surface area contributed by atoms with Crippen LogP contribution in [0, 0.1) is 0 Å². The number of hydrazine groups is 1. The van der Waals surface area contributed by atoms with Crippen LogP contribution in [0.2, 0.25) is 10.0 Å². The molecule has 0 aromatic heterocycles. The molecule has 112 valence electrons. The minimum Gasteiger partial charge on any atom is -0.271 e. The van der Waals surface area contributed by atoms with Gasteiger partial charge in [-0.25, -0.2) is 5.43 Å². The van der Waals surface area contributed by atoms with Gasteiger partial charge in [-0.1, -0.05) is 41.4 Å². The quantitative estimate of drug-likeness (QED) is 0.637. The van der Waals surface area contributed by atoms with Crippen molar-refractivity contribution in [1.29, 1.82) is 0 Å². The van der Waals surface area contributed by atoms with Gasteiger partial charge in [0, 0.05) is 10.0 Å². The summed E-state index contributed by atoms with van der Waals surface area (Å²) in [5.74, 6) is 5.45. The maximum Gasteiger partial charge on any atom is 0.416 e. The van der Waals surface area contributed by atoms with Crippen molar-refractivity contribution in [3.63, 3.8) is 0 Å². The van der Waals surface area contributed by atoms with E-state index in [9.17, 15) is 13.2 Å². The maximum absolute atomic E-state index is 13.1. The van der Waals surface area contributed by atoms with Crippen molar-refractivity contribution in [3.8, 4) is 0 Å². The first-order valence-corrected chi connectivity index (χ1v) is 6.66. The zero-order valence-corrected chi connectivity index (χ0v) is 12.1. The van der Waals surface area contributed by atoms with Gasteiger partial charge in [-0.05, 0) is 35.4 Å².